The van der Waals surface area contributed by atoms with Crippen LogP contribution in [0.25, 0.3) is 0 Å². The third-order valence-corrected chi connectivity index (χ3v) is 5.48. The quantitative estimate of drug-likeness (QED) is 0.721. The molecule has 5 nitrogen and oxygen atoms in total. The van der Waals surface area contributed by atoms with Gasteiger partial charge in [0.2, 0.25) is 5.66 Å². The number of hydrogen-bond donors (Lipinski definition) is 2. The van der Waals surface area contributed by atoms with Crippen LogP contribution in [0.3, 0.4) is 0 Å². The zero-order valence-corrected chi connectivity index (χ0v) is 15.4. The Bertz CT molecular complexity index is 1110. The number of rotatable bonds is 2. The minimum atomic E-state index is -1.27. The van der Waals surface area contributed by atoms with Crippen LogP contribution in [0.2, 0.25) is 0 Å². The van der Waals surface area contributed by atoms with Crippen molar-refractivity contribution in [2.45, 2.75) is 19.1 Å². The molecule has 2 aliphatic rings. The molecule has 0 fully saturated rings. The van der Waals surface area contributed by atoms with Crippen molar-refractivity contribution in [1.82, 2.24) is 4.90 Å². The summed E-state index contributed by atoms with van der Waals surface area (Å²) in [5.41, 5.74) is 3.56. The van der Waals surface area contributed by atoms with Gasteiger partial charge in [0.1, 0.15) is 0 Å². The molecular formula is C23H19N3O2. The van der Waals surface area contributed by atoms with Crippen LogP contribution in [-0.2, 0) is 17.0 Å². The molecule has 0 saturated heterocycles. The summed E-state index contributed by atoms with van der Waals surface area (Å²) >= 11 is 0. The van der Waals surface area contributed by atoms with E-state index in [0.29, 0.717) is 17.8 Å². The zero-order chi connectivity index (χ0) is 19.3. The highest BCUT2D eigenvalue weighted by Crippen LogP contribution is 2.45. The molecule has 1 spiro atoms. The van der Waals surface area contributed by atoms with Crippen molar-refractivity contribution in [3.05, 3.63) is 95.1 Å². The highest BCUT2D eigenvalue weighted by Gasteiger charge is 2.56. The van der Waals surface area contributed by atoms with Crippen LogP contribution < -0.4 is 10.6 Å². The third kappa shape index (κ3) is 2.26. The van der Waals surface area contributed by atoms with Crippen LogP contribution in [0.1, 0.15) is 27.0 Å². The first-order chi connectivity index (χ1) is 13.6. The standard InChI is InChI=1S/C23H19N3O2/c1-15-10-12-16(13-11-15)14-26-21(27)17-6-2-4-8-19(17)25-23(26)18-7-3-5-9-20(18)24-22(23)28/h2-13,25H,14H2,1H3,(H,24,28). The van der Waals surface area contributed by atoms with E-state index < -0.39 is 5.66 Å². The maximum absolute atomic E-state index is 13.5. The van der Waals surface area contributed by atoms with Crippen LogP contribution in [0.5, 0.6) is 0 Å². The van der Waals surface area contributed by atoms with Gasteiger partial charge in [-0.1, -0.05) is 60.2 Å². The summed E-state index contributed by atoms with van der Waals surface area (Å²) in [4.78, 5) is 28.4. The molecule has 2 aliphatic heterocycles. The lowest BCUT2D eigenvalue weighted by molar-refractivity contribution is -0.125. The van der Waals surface area contributed by atoms with Gasteiger partial charge < -0.3 is 10.6 Å². The second kappa shape index (κ2) is 5.96. The number of anilines is 2. The van der Waals surface area contributed by atoms with Crippen LogP contribution in [-0.4, -0.2) is 16.7 Å². The average Bonchev–Trinajstić information content (AvgIpc) is 2.99. The lowest BCUT2D eigenvalue weighted by Gasteiger charge is -2.44. The van der Waals surface area contributed by atoms with Crippen LogP contribution in [0, 0.1) is 6.92 Å². The Morgan fingerprint density at radius 1 is 0.857 bits per heavy atom. The SMILES string of the molecule is Cc1ccc(CN2C(=O)c3ccccc3NC23C(=O)Nc2ccccc23)cc1. The normalized spacial score (nSPS) is 19.8. The zero-order valence-electron chi connectivity index (χ0n) is 15.4. The minimum Gasteiger partial charge on any atom is -0.350 e. The van der Waals surface area contributed by atoms with E-state index in [1.807, 2.05) is 73.7 Å². The second-order valence-corrected chi connectivity index (χ2v) is 7.26. The van der Waals surface area contributed by atoms with E-state index in [-0.39, 0.29) is 11.8 Å². The van der Waals surface area contributed by atoms with Crippen molar-refractivity contribution < 1.29 is 9.59 Å². The fourth-order valence-electron chi connectivity index (χ4n) is 4.04. The predicted molar refractivity (Wildman–Crippen MR) is 108 cm³/mol. The number of hydrogen-bond acceptors (Lipinski definition) is 3. The Morgan fingerprint density at radius 2 is 1.54 bits per heavy atom. The molecule has 2 N–H and O–H groups in total. The van der Waals surface area contributed by atoms with E-state index in [9.17, 15) is 9.59 Å². The van der Waals surface area contributed by atoms with Gasteiger partial charge in [-0.2, -0.15) is 0 Å². The lowest BCUT2D eigenvalue weighted by Crippen LogP contribution is -2.60. The highest BCUT2D eigenvalue weighted by molar-refractivity contribution is 6.14. The van der Waals surface area contributed by atoms with E-state index in [4.69, 9.17) is 0 Å². The molecule has 0 aliphatic carbocycles. The van der Waals surface area contributed by atoms with E-state index in [0.717, 1.165) is 22.4 Å². The van der Waals surface area contributed by atoms with Gasteiger partial charge in [0.05, 0.1) is 5.56 Å². The molecule has 0 aromatic heterocycles. The van der Waals surface area contributed by atoms with E-state index >= 15 is 0 Å². The topological polar surface area (TPSA) is 61.4 Å². The van der Waals surface area contributed by atoms with Crippen molar-refractivity contribution in [3.8, 4) is 0 Å². The van der Waals surface area contributed by atoms with Gasteiger partial charge in [-0.05, 0) is 30.7 Å². The van der Waals surface area contributed by atoms with E-state index in [1.54, 1.807) is 11.0 Å². The molecule has 1 atom stereocenters. The van der Waals surface area contributed by atoms with Gasteiger partial charge in [-0.15, -0.1) is 0 Å². The summed E-state index contributed by atoms with van der Waals surface area (Å²) in [6.07, 6.45) is 0. The first-order valence-electron chi connectivity index (χ1n) is 9.25. The number of aryl methyl sites for hydroxylation is 1. The van der Waals surface area contributed by atoms with Crippen LogP contribution in [0.15, 0.2) is 72.8 Å². The number of carbonyl (C=O) groups is 2. The van der Waals surface area contributed by atoms with Crippen molar-refractivity contribution in [2.24, 2.45) is 0 Å². The monoisotopic (exact) mass is 369 g/mol. The molecule has 0 radical (unpaired) electrons. The third-order valence-electron chi connectivity index (χ3n) is 5.48. The van der Waals surface area contributed by atoms with Crippen LogP contribution in [0.4, 0.5) is 11.4 Å². The molecule has 0 saturated carbocycles. The second-order valence-electron chi connectivity index (χ2n) is 7.26. The molecule has 5 heteroatoms. The summed E-state index contributed by atoms with van der Waals surface area (Å²) < 4.78 is 0. The predicted octanol–water partition coefficient (Wildman–Crippen LogP) is 3.87. The molecule has 2 heterocycles. The molecule has 5 rings (SSSR count). The maximum atomic E-state index is 13.5. The first kappa shape index (κ1) is 16.6. The summed E-state index contributed by atoms with van der Waals surface area (Å²) in [7, 11) is 0. The Kier molecular flexibility index (Phi) is 3.52. The smallest absolute Gasteiger partial charge is 0.276 e. The Labute approximate surface area is 163 Å². The Hall–Kier alpha value is -3.60. The molecule has 0 bridgehead atoms. The molecule has 28 heavy (non-hydrogen) atoms. The molecule has 3 aromatic rings. The van der Waals surface area contributed by atoms with Gasteiger partial charge >= 0.3 is 0 Å². The largest absolute Gasteiger partial charge is 0.350 e. The highest BCUT2D eigenvalue weighted by atomic mass is 16.2. The van der Waals surface area contributed by atoms with Crippen molar-refractivity contribution in [2.75, 3.05) is 10.6 Å². The van der Waals surface area contributed by atoms with E-state index in [2.05, 4.69) is 10.6 Å². The number of para-hydroxylation sites is 2. The summed E-state index contributed by atoms with van der Waals surface area (Å²) in [6.45, 7) is 2.35. The summed E-state index contributed by atoms with van der Waals surface area (Å²) in [6, 6.07) is 22.9. The van der Waals surface area contributed by atoms with Gasteiger partial charge in [0.15, 0.2) is 0 Å². The number of amides is 2. The van der Waals surface area contributed by atoms with Crippen LogP contribution >= 0.6 is 0 Å². The summed E-state index contributed by atoms with van der Waals surface area (Å²) in [5.74, 6) is -0.412. The van der Waals surface area contributed by atoms with E-state index in [1.165, 1.54) is 0 Å². The fourth-order valence-corrected chi connectivity index (χ4v) is 4.04. The first-order valence-corrected chi connectivity index (χ1v) is 9.25. The number of nitrogens with one attached hydrogen (secondary N) is 2. The average molecular weight is 369 g/mol. The number of benzene rings is 3. The summed E-state index contributed by atoms with van der Waals surface area (Å²) in [5, 5.41) is 6.32. The van der Waals surface area contributed by atoms with Crippen molar-refractivity contribution in [3.63, 3.8) is 0 Å². The number of carbonyl (C=O) groups excluding carboxylic acids is 2. The van der Waals surface area contributed by atoms with Gasteiger partial charge in [-0.3, -0.25) is 14.5 Å². The van der Waals surface area contributed by atoms with Gasteiger partial charge in [0.25, 0.3) is 11.8 Å². The fraction of sp³-hybridized carbons (Fsp3) is 0.130. The number of fused-ring (bicyclic) bond motifs is 3. The molecule has 3 aromatic carbocycles. The molecule has 2 amide bonds. The maximum Gasteiger partial charge on any atom is 0.276 e. The molecule has 138 valence electrons. The van der Waals surface area contributed by atoms with Gasteiger partial charge in [0, 0.05) is 23.5 Å². The lowest BCUT2D eigenvalue weighted by atomic mass is 9.92. The Balaban J connectivity index is 1.70. The minimum absolute atomic E-state index is 0.165. The number of nitrogens with zero attached hydrogens (tertiary/aromatic N) is 1. The Morgan fingerprint density at radius 3 is 2.32 bits per heavy atom. The van der Waals surface area contributed by atoms with Crippen molar-refractivity contribution >= 4 is 23.2 Å². The molecule has 1 unspecified atom stereocenters. The van der Waals surface area contributed by atoms with Gasteiger partial charge in [-0.25, -0.2) is 0 Å². The molecular weight excluding hydrogens is 350 g/mol. The van der Waals surface area contributed by atoms with Crippen molar-refractivity contribution in [1.29, 1.82) is 0 Å².